The summed E-state index contributed by atoms with van der Waals surface area (Å²) >= 11 is 0. The molecule has 2 rings (SSSR count). The summed E-state index contributed by atoms with van der Waals surface area (Å²) in [6.07, 6.45) is 19.1. The molecule has 0 saturated heterocycles. The van der Waals surface area contributed by atoms with Crippen LogP contribution in [-0.4, -0.2) is 131 Å². The van der Waals surface area contributed by atoms with E-state index in [4.69, 9.17) is 31.2 Å². The first-order valence-electron chi connectivity index (χ1n) is 26.4. The Morgan fingerprint density at radius 2 is 0.791 bits per heavy atom. The average molecular weight is 932 g/mol. The van der Waals surface area contributed by atoms with Crippen LogP contribution in [0.1, 0.15) is 168 Å². The van der Waals surface area contributed by atoms with E-state index in [1.54, 1.807) is 24.3 Å². The lowest BCUT2D eigenvalue weighted by molar-refractivity contribution is 0.112. The molecule has 5 N–H and O–H groups in total. The molecular weight excluding hydrogens is 829 g/mol. The van der Waals surface area contributed by atoms with Crippen molar-refractivity contribution in [2.75, 3.05) is 105 Å². The second kappa shape index (κ2) is 54.9. The minimum absolute atomic E-state index is 0.561. The number of aldehydes is 1. The first kappa shape index (κ1) is 67.6. The van der Waals surface area contributed by atoms with Gasteiger partial charge in [-0.05, 0) is 187 Å². The Bertz CT molecular complexity index is 1390. The Balaban J connectivity index is -0.000000788. The van der Waals surface area contributed by atoms with Gasteiger partial charge in [0.2, 0.25) is 6.54 Å². The quantitative estimate of drug-likeness (QED) is 0.0356. The molecule has 0 spiro atoms. The van der Waals surface area contributed by atoms with Gasteiger partial charge < -0.3 is 41.2 Å². The molecule has 0 aliphatic carbocycles. The van der Waals surface area contributed by atoms with Crippen molar-refractivity contribution in [1.29, 1.82) is 0 Å². The van der Waals surface area contributed by atoms with Gasteiger partial charge in [0.05, 0.1) is 13.1 Å². The Labute approximate surface area is 414 Å². The third kappa shape index (κ3) is 45.8. The number of nitrogens with one attached hydrogen (secondary N) is 1. The van der Waals surface area contributed by atoms with Crippen LogP contribution in [0.4, 0.5) is 11.4 Å². The molecule has 2 aromatic carbocycles. The number of nitrogens with zero attached hydrogens (tertiary/aromatic N) is 7. The number of carbonyl (C=O) groups excluding carboxylic acids is 1. The molecule has 0 atom stereocenters. The molecule has 0 saturated carbocycles. The van der Waals surface area contributed by atoms with Crippen LogP contribution >= 0.6 is 0 Å². The van der Waals surface area contributed by atoms with E-state index >= 15 is 0 Å². The summed E-state index contributed by atoms with van der Waals surface area (Å²) in [4.78, 5) is 30.2. The lowest BCUT2D eigenvalue weighted by Gasteiger charge is -2.20. The number of benzene rings is 2. The summed E-state index contributed by atoms with van der Waals surface area (Å²) in [7, 11) is 0. The molecule has 0 heterocycles. The fourth-order valence-electron chi connectivity index (χ4n) is 7.34. The van der Waals surface area contributed by atoms with Crippen LogP contribution in [0.5, 0.6) is 0 Å². The zero-order valence-corrected chi connectivity index (χ0v) is 44.5. The molecule has 67 heavy (non-hydrogen) atoms. The van der Waals surface area contributed by atoms with Crippen LogP contribution in [0.15, 0.2) is 48.5 Å². The standard InChI is InChI=1S/C18H29N3.C10H20N2.2C10H24N2.C8H5NO/c1-4-13-21(14-5-2)15-7-6-12-20-16-17-8-10-18(19-3)11-9-17;1-4-8-12(9-5-2)10-6-7-11-3;2*1-3-8-12(9-4-2)10-6-5-7-11;1-9-8-4-2-7(6-10)3-5-8/h8-11,20H,4-7,12-16H2,1-2H3;4-10H2,1-2H3;2*3-11H2,1-2H3;2-6H. The molecule has 0 amide bonds. The molecule has 0 aliphatic heterocycles. The second-order valence-corrected chi connectivity index (χ2v) is 17.1. The normalized spacial score (nSPS) is 10.4. The summed E-state index contributed by atoms with van der Waals surface area (Å²) in [6, 6.07) is 14.3. The Kier molecular flexibility index (Phi) is 55.4. The zero-order chi connectivity index (χ0) is 50.4. The summed E-state index contributed by atoms with van der Waals surface area (Å²) < 4.78 is 0. The van der Waals surface area contributed by atoms with Crippen LogP contribution in [0, 0.1) is 19.7 Å². The van der Waals surface area contributed by atoms with Crippen molar-refractivity contribution in [3.8, 4) is 0 Å². The van der Waals surface area contributed by atoms with Gasteiger partial charge in [0.25, 0.3) is 0 Å². The molecule has 382 valence electrons. The Morgan fingerprint density at radius 3 is 1.09 bits per heavy atom. The minimum atomic E-state index is 0.561. The lowest BCUT2D eigenvalue weighted by atomic mass is 10.2. The van der Waals surface area contributed by atoms with E-state index in [1.807, 2.05) is 24.3 Å². The van der Waals surface area contributed by atoms with Crippen LogP contribution in [0.25, 0.3) is 14.5 Å². The molecule has 11 heteroatoms. The van der Waals surface area contributed by atoms with Gasteiger partial charge in [-0.3, -0.25) is 4.79 Å². The number of hydrogen-bond donors (Lipinski definition) is 3. The smallest absolute Gasteiger partial charge is 0.215 e. The van der Waals surface area contributed by atoms with Crippen molar-refractivity contribution in [2.45, 2.75) is 158 Å². The number of rotatable bonds is 35. The summed E-state index contributed by atoms with van der Waals surface area (Å²) in [5.74, 6) is 0. The van der Waals surface area contributed by atoms with Gasteiger partial charge in [-0.2, -0.15) is 0 Å². The number of nitrogens with two attached hydrogens (primary N) is 2. The first-order valence-corrected chi connectivity index (χ1v) is 26.4. The predicted octanol–water partition coefficient (Wildman–Crippen LogP) is 12.4. The predicted molar refractivity (Wildman–Crippen MR) is 292 cm³/mol. The van der Waals surface area contributed by atoms with Crippen LogP contribution in [0.2, 0.25) is 0 Å². The number of carbonyl (C=O) groups is 1. The van der Waals surface area contributed by atoms with Gasteiger partial charge in [-0.15, -0.1) is 0 Å². The highest BCUT2D eigenvalue weighted by Crippen LogP contribution is 2.13. The van der Waals surface area contributed by atoms with Gasteiger partial charge in [0.1, 0.15) is 6.29 Å². The Hall–Kier alpha value is -3.70. The average Bonchev–Trinajstić information content (AvgIpc) is 3.34. The highest BCUT2D eigenvalue weighted by Gasteiger charge is 2.04. The summed E-state index contributed by atoms with van der Waals surface area (Å²) in [5, 5.41) is 3.48. The molecule has 0 fully saturated rings. The van der Waals surface area contributed by atoms with Crippen molar-refractivity contribution in [3.63, 3.8) is 0 Å². The number of hydrogen-bond acceptors (Lipinski definition) is 8. The van der Waals surface area contributed by atoms with E-state index in [-0.39, 0.29) is 0 Å². The molecule has 0 aromatic heterocycles. The van der Waals surface area contributed by atoms with Crippen LogP contribution in [0.3, 0.4) is 0 Å². The first-order chi connectivity index (χ1) is 32.7. The molecule has 11 nitrogen and oxygen atoms in total. The van der Waals surface area contributed by atoms with Crippen molar-refractivity contribution in [2.24, 2.45) is 11.5 Å². The molecular formula is C56H102N10O. The van der Waals surface area contributed by atoms with Gasteiger partial charge in [-0.25, -0.2) is 16.3 Å². The van der Waals surface area contributed by atoms with E-state index in [0.29, 0.717) is 23.5 Å². The van der Waals surface area contributed by atoms with E-state index in [0.717, 1.165) is 45.4 Å². The molecule has 0 unspecified atom stereocenters. The van der Waals surface area contributed by atoms with Crippen molar-refractivity contribution < 1.29 is 4.79 Å². The maximum absolute atomic E-state index is 10.1. The van der Waals surface area contributed by atoms with Crippen molar-refractivity contribution in [1.82, 2.24) is 24.9 Å². The maximum atomic E-state index is 10.1. The van der Waals surface area contributed by atoms with E-state index in [2.05, 4.69) is 94.8 Å². The van der Waals surface area contributed by atoms with E-state index in [1.165, 1.54) is 167 Å². The van der Waals surface area contributed by atoms with Crippen molar-refractivity contribution in [3.05, 3.63) is 93.9 Å². The van der Waals surface area contributed by atoms with Gasteiger partial charge in [0.15, 0.2) is 11.4 Å². The van der Waals surface area contributed by atoms with Gasteiger partial charge >= 0.3 is 0 Å². The Morgan fingerprint density at radius 1 is 0.463 bits per heavy atom. The van der Waals surface area contributed by atoms with Crippen molar-refractivity contribution >= 4 is 17.7 Å². The maximum Gasteiger partial charge on any atom is 0.215 e. The van der Waals surface area contributed by atoms with Crippen LogP contribution in [-0.2, 0) is 6.54 Å². The lowest BCUT2D eigenvalue weighted by Crippen LogP contribution is -2.27. The van der Waals surface area contributed by atoms with Gasteiger partial charge in [-0.1, -0.05) is 104 Å². The molecule has 2 aromatic rings. The monoisotopic (exact) mass is 931 g/mol. The summed E-state index contributed by atoms with van der Waals surface area (Å²) in [5.41, 5.74) is 14.0. The van der Waals surface area contributed by atoms with E-state index in [9.17, 15) is 4.79 Å². The van der Waals surface area contributed by atoms with Gasteiger partial charge in [0, 0.05) is 25.1 Å². The topological polar surface area (TPSA) is 107 Å². The molecule has 0 aliphatic rings. The van der Waals surface area contributed by atoms with E-state index < -0.39 is 0 Å². The highest BCUT2D eigenvalue weighted by atomic mass is 16.1. The molecule has 0 radical (unpaired) electrons. The third-order valence-corrected chi connectivity index (χ3v) is 10.6. The van der Waals surface area contributed by atoms with Crippen LogP contribution < -0.4 is 16.8 Å². The molecule has 0 bridgehead atoms. The summed E-state index contributed by atoms with van der Waals surface area (Å²) in [6.45, 7) is 57.0. The fourth-order valence-corrected chi connectivity index (χ4v) is 7.34. The number of unbranched alkanes of at least 4 members (excludes halogenated alkanes) is 3. The SMILES string of the molecule is CCCN(CCC)CCCCN.CCCN(CCC)CCCCN.[C-]#[N+]CCCN(CCC)CCC.[C-]#[N+]c1ccc(C=O)cc1.[C-]#[N+]c1ccc(CNCCCCN(CCC)CCC)cc1. The second-order valence-electron chi connectivity index (χ2n) is 17.1. The zero-order valence-electron chi connectivity index (χ0n) is 44.5. The minimum Gasteiger partial charge on any atom is -0.330 e. The fraction of sp³-hybridized carbons (Fsp3) is 0.714. The highest BCUT2D eigenvalue weighted by molar-refractivity contribution is 5.75. The largest absolute Gasteiger partial charge is 0.330 e. The third-order valence-electron chi connectivity index (χ3n) is 10.6.